The lowest BCUT2D eigenvalue weighted by Crippen LogP contribution is -2.87. The smallest absolute Gasteiger partial charge is 0.224 e. The predicted molar refractivity (Wildman–Crippen MR) is 66.4 cm³/mol. The molecule has 1 atom stereocenters. The fourth-order valence-corrected chi connectivity index (χ4v) is 6.23. The number of primary amides is 1. The molecule has 4 bridgehead atoms. The van der Waals surface area contributed by atoms with Crippen LogP contribution in [0.15, 0.2) is 0 Å². The molecule has 6 aliphatic rings. The number of nitrogens with two attached hydrogens (primary N) is 1. The number of halogens is 1. The van der Waals surface area contributed by atoms with Crippen molar-refractivity contribution in [3.63, 3.8) is 0 Å². The third kappa shape index (κ3) is 0.820. The van der Waals surface area contributed by atoms with E-state index in [-0.39, 0.29) is 11.3 Å². The van der Waals surface area contributed by atoms with Gasteiger partial charge in [0.2, 0.25) is 5.91 Å². The molecule has 6 aliphatic carbocycles. The second-order valence-corrected chi connectivity index (χ2v) is 7.65. The molecule has 6 saturated carbocycles. The number of rotatable bonds is 2. The van der Waals surface area contributed by atoms with Crippen molar-refractivity contribution in [1.29, 1.82) is 0 Å². The summed E-state index contributed by atoms with van der Waals surface area (Å²) in [5, 5.41) is 0. The Labute approximate surface area is 107 Å². The fourth-order valence-electron chi connectivity index (χ4n) is 6.23. The summed E-state index contributed by atoms with van der Waals surface area (Å²) in [7, 11) is 0. The lowest BCUT2D eigenvalue weighted by Gasteiger charge is -2.83. The van der Waals surface area contributed by atoms with Crippen molar-refractivity contribution >= 4 is 5.91 Å². The van der Waals surface area contributed by atoms with Crippen LogP contribution in [0.1, 0.15) is 58.3 Å². The predicted octanol–water partition coefficient (Wildman–Crippen LogP) is 2.95. The summed E-state index contributed by atoms with van der Waals surface area (Å²) in [6.45, 7) is 2.04. The minimum absolute atomic E-state index is 0.0715. The summed E-state index contributed by atoms with van der Waals surface area (Å²) in [4.78, 5) is 11.9. The summed E-state index contributed by atoms with van der Waals surface area (Å²) in [6.07, 6.45) is 7.87. The number of hydrogen-bond donors (Lipinski definition) is 1. The SMILES string of the molecule is CC1(C23CCC(CC2)CC3)C2(F)CC1(C(N)=O)C2. The highest BCUT2D eigenvalue weighted by Crippen LogP contribution is 2.87. The van der Waals surface area contributed by atoms with Gasteiger partial charge in [0.25, 0.3) is 0 Å². The van der Waals surface area contributed by atoms with Crippen molar-refractivity contribution in [2.75, 3.05) is 0 Å². The number of hydrogen-bond acceptors (Lipinski definition) is 1. The van der Waals surface area contributed by atoms with Crippen molar-refractivity contribution in [2.24, 2.45) is 27.9 Å². The van der Waals surface area contributed by atoms with Crippen molar-refractivity contribution < 1.29 is 9.18 Å². The maximum Gasteiger partial charge on any atom is 0.224 e. The van der Waals surface area contributed by atoms with E-state index in [0.717, 1.165) is 25.2 Å². The molecule has 6 fully saturated rings. The number of carbonyl (C=O) groups excluding carboxylic acids is 1. The standard InChI is InChI=1S/C15H22FNO/c1-12(13-5-2-10(3-6-13)4-7-13)14(11(17)18)8-15(12,16)9-14/h10H,2-9H2,1H3,(H2,17,18). The van der Waals surface area contributed by atoms with E-state index >= 15 is 0 Å². The van der Waals surface area contributed by atoms with E-state index in [2.05, 4.69) is 0 Å². The molecule has 6 rings (SSSR count). The summed E-state index contributed by atoms with van der Waals surface area (Å²) in [6, 6.07) is 0. The summed E-state index contributed by atoms with van der Waals surface area (Å²) in [5.41, 5.74) is 3.65. The van der Waals surface area contributed by atoms with Crippen molar-refractivity contribution in [3.8, 4) is 0 Å². The number of amides is 1. The maximum atomic E-state index is 15.0. The Balaban J connectivity index is 1.77. The molecule has 2 nitrogen and oxygen atoms in total. The highest BCUT2D eigenvalue weighted by molar-refractivity contribution is 5.87. The van der Waals surface area contributed by atoms with Crippen molar-refractivity contribution in [3.05, 3.63) is 0 Å². The molecule has 0 saturated heterocycles. The Morgan fingerprint density at radius 1 is 1.17 bits per heavy atom. The molecule has 18 heavy (non-hydrogen) atoms. The first-order valence-corrected chi connectivity index (χ1v) is 7.38. The van der Waals surface area contributed by atoms with E-state index in [4.69, 9.17) is 5.73 Å². The van der Waals surface area contributed by atoms with E-state index < -0.39 is 16.5 Å². The summed E-state index contributed by atoms with van der Waals surface area (Å²) < 4.78 is 15.0. The molecule has 1 amide bonds. The Hall–Kier alpha value is -0.600. The summed E-state index contributed by atoms with van der Waals surface area (Å²) in [5.74, 6) is 0.624. The molecule has 0 aromatic rings. The van der Waals surface area contributed by atoms with Crippen LogP contribution in [0.2, 0.25) is 0 Å². The molecule has 0 aliphatic heterocycles. The molecular weight excluding hydrogens is 229 g/mol. The minimum atomic E-state index is -1.09. The van der Waals surface area contributed by atoms with Crippen molar-refractivity contribution in [2.45, 2.75) is 64.0 Å². The second-order valence-electron chi connectivity index (χ2n) is 7.65. The van der Waals surface area contributed by atoms with E-state index in [9.17, 15) is 9.18 Å². The number of carbonyl (C=O) groups is 1. The normalized spacial score (nSPS) is 60.9. The van der Waals surface area contributed by atoms with Crippen LogP contribution in [0.25, 0.3) is 0 Å². The Kier molecular flexibility index (Phi) is 1.74. The van der Waals surface area contributed by atoms with E-state index in [1.807, 2.05) is 6.92 Å². The van der Waals surface area contributed by atoms with Gasteiger partial charge in [0, 0.05) is 5.41 Å². The number of alkyl halides is 1. The first kappa shape index (κ1) is 11.2. The van der Waals surface area contributed by atoms with E-state index in [1.165, 1.54) is 19.3 Å². The molecular formula is C15H22FNO. The van der Waals surface area contributed by atoms with Crippen LogP contribution in [0.3, 0.4) is 0 Å². The topological polar surface area (TPSA) is 43.1 Å². The third-order valence-electron chi connectivity index (χ3n) is 7.64. The second kappa shape index (κ2) is 2.78. The first-order chi connectivity index (χ1) is 8.39. The fraction of sp³-hybridized carbons (Fsp3) is 0.933. The van der Waals surface area contributed by atoms with Gasteiger partial charge in [0.05, 0.1) is 5.41 Å². The van der Waals surface area contributed by atoms with Crippen molar-refractivity contribution in [1.82, 2.24) is 0 Å². The van der Waals surface area contributed by atoms with Gasteiger partial charge in [-0.15, -0.1) is 0 Å². The molecule has 1 unspecified atom stereocenters. The number of fused-ring (bicyclic) bond motifs is 3. The molecule has 0 aromatic heterocycles. The average Bonchev–Trinajstić information content (AvgIpc) is 2.36. The highest BCUT2D eigenvalue weighted by Gasteiger charge is 2.90. The lowest BCUT2D eigenvalue weighted by atomic mass is 9.20. The quantitative estimate of drug-likeness (QED) is 0.805. The van der Waals surface area contributed by atoms with Crippen LogP contribution >= 0.6 is 0 Å². The van der Waals surface area contributed by atoms with Gasteiger partial charge in [-0.1, -0.05) is 6.92 Å². The van der Waals surface area contributed by atoms with Crippen LogP contribution in [0.5, 0.6) is 0 Å². The molecule has 0 aromatic carbocycles. The van der Waals surface area contributed by atoms with Gasteiger partial charge in [0.15, 0.2) is 0 Å². The Bertz CT molecular complexity index is 418. The monoisotopic (exact) mass is 251 g/mol. The van der Waals surface area contributed by atoms with Gasteiger partial charge in [-0.25, -0.2) is 4.39 Å². The Morgan fingerprint density at radius 2 is 1.67 bits per heavy atom. The van der Waals surface area contributed by atoms with Gasteiger partial charge in [-0.3, -0.25) is 4.79 Å². The van der Waals surface area contributed by atoms with Gasteiger partial charge in [-0.2, -0.15) is 0 Å². The van der Waals surface area contributed by atoms with Gasteiger partial charge in [-0.05, 0) is 62.7 Å². The van der Waals surface area contributed by atoms with Crippen LogP contribution in [0, 0.1) is 22.2 Å². The highest BCUT2D eigenvalue weighted by atomic mass is 19.1. The van der Waals surface area contributed by atoms with Gasteiger partial charge >= 0.3 is 0 Å². The van der Waals surface area contributed by atoms with Crippen LogP contribution in [0.4, 0.5) is 4.39 Å². The molecule has 2 N–H and O–H groups in total. The molecule has 100 valence electrons. The van der Waals surface area contributed by atoms with E-state index in [1.54, 1.807) is 0 Å². The summed E-state index contributed by atoms with van der Waals surface area (Å²) >= 11 is 0. The Morgan fingerprint density at radius 3 is 2.06 bits per heavy atom. The molecule has 3 heteroatoms. The lowest BCUT2D eigenvalue weighted by molar-refractivity contribution is -0.379. The first-order valence-electron chi connectivity index (χ1n) is 7.38. The zero-order valence-corrected chi connectivity index (χ0v) is 11.1. The zero-order chi connectivity index (χ0) is 12.8. The van der Waals surface area contributed by atoms with Gasteiger partial charge < -0.3 is 5.73 Å². The minimum Gasteiger partial charge on any atom is -0.369 e. The largest absolute Gasteiger partial charge is 0.369 e. The van der Waals surface area contributed by atoms with E-state index in [0.29, 0.717) is 12.8 Å². The van der Waals surface area contributed by atoms with Crippen LogP contribution < -0.4 is 5.73 Å². The maximum absolute atomic E-state index is 15.0. The third-order valence-corrected chi connectivity index (χ3v) is 7.64. The molecule has 0 spiro atoms. The zero-order valence-electron chi connectivity index (χ0n) is 11.1. The van der Waals surface area contributed by atoms with Crippen LogP contribution in [-0.4, -0.2) is 11.6 Å². The van der Waals surface area contributed by atoms with Crippen LogP contribution in [-0.2, 0) is 4.79 Å². The average molecular weight is 251 g/mol. The van der Waals surface area contributed by atoms with Gasteiger partial charge in [0.1, 0.15) is 5.67 Å². The molecule has 0 radical (unpaired) electrons. The molecule has 0 heterocycles.